The lowest BCUT2D eigenvalue weighted by Gasteiger charge is -2.35. The van der Waals surface area contributed by atoms with Crippen molar-refractivity contribution in [1.29, 1.82) is 0 Å². The minimum absolute atomic E-state index is 0.0508. The average molecular weight is 423 g/mol. The summed E-state index contributed by atoms with van der Waals surface area (Å²) in [4.78, 5) is 16.4. The summed E-state index contributed by atoms with van der Waals surface area (Å²) in [5, 5.41) is 2.02. The van der Waals surface area contributed by atoms with Gasteiger partial charge in [0, 0.05) is 24.5 Å². The lowest BCUT2D eigenvalue weighted by molar-refractivity contribution is -0.137. The molecule has 28 heavy (non-hydrogen) atoms. The molecule has 1 amide bonds. The van der Waals surface area contributed by atoms with E-state index in [0.29, 0.717) is 19.4 Å². The van der Waals surface area contributed by atoms with E-state index in [1.54, 1.807) is 11.3 Å². The Morgan fingerprint density at radius 3 is 2.54 bits per heavy atom. The number of carbonyl (C=O) groups excluding carboxylic acids is 1. The van der Waals surface area contributed by atoms with Gasteiger partial charge in [0.2, 0.25) is 15.9 Å². The highest BCUT2D eigenvalue weighted by Gasteiger charge is 2.38. The first-order chi connectivity index (χ1) is 13.5. The van der Waals surface area contributed by atoms with Crippen LogP contribution in [0, 0.1) is 11.7 Å². The number of halogens is 1. The topological polar surface area (TPSA) is 57.7 Å². The van der Waals surface area contributed by atoms with Gasteiger partial charge in [-0.3, -0.25) is 4.79 Å². The zero-order valence-electron chi connectivity index (χ0n) is 15.5. The van der Waals surface area contributed by atoms with Crippen LogP contribution in [0.2, 0.25) is 0 Å². The van der Waals surface area contributed by atoms with Gasteiger partial charge in [-0.05, 0) is 61.4 Å². The van der Waals surface area contributed by atoms with E-state index < -0.39 is 15.8 Å². The molecule has 1 aromatic heterocycles. The molecule has 0 unspecified atom stereocenters. The van der Waals surface area contributed by atoms with E-state index in [2.05, 4.69) is 6.07 Å². The summed E-state index contributed by atoms with van der Waals surface area (Å²) in [6.07, 6.45) is 3.27. The molecule has 4 rings (SSSR count). The lowest BCUT2D eigenvalue weighted by atomic mass is 9.97. The van der Waals surface area contributed by atoms with Crippen molar-refractivity contribution in [3.8, 4) is 0 Å². The number of amides is 1. The first kappa shape index (κ1) is 19.5. The molecule has 8 heteroatoms. The Hall–Kier alpha value is -1.77. The van der Waals surface area contributed by atoms with Gasteiger partial charge in [0.05, 0.1) is 16.9 Å². The van der Waals surface area contributed by atoms with Crippen molar-refractivity contribution in [1.82, 2.24) is 9.21 Å². The molecular formula is C20H23FN2O3S2. The minimum atomic E-state index is -3.73. The minimum Gasteiger partial charge on any atom is -0.335 e. The number of nitrogens with zero attached hydrogens (tertiary/aromatic N) is 2. The Labute approximate surface area is 168 Å². The molecule has 150 valence electrons. The van der Waals surface area contributed by atoms with E-state index in [1.165, 1.54) is 21.3 Å². The second kappa shape index (κ2) is 7.93. The van der Waals surface area contributed by atoms with Gasteiger partial charge in [-0.25, -0.2) is 12.8 Å². The van der Waals surface area contributed by atoms with E-state index in [1.807, 2.05) is 16.3 Å². The number of benzene rings is 1. The number of carbonyl (C=O) groups is 1. The fraction of sp³-hybridized carbons (Fsp3) is 0.450. The van der Waals surface area contributed by atoms with Crippen LogP contribution >= 0.6 is 11.3 Å². The average Bonchev–Trinajstić information content (AvgIpc) is 3.39. The quantitative estimate of drug-likeness (QED) is 0.756. The molecule has 2 fully saturated rings. The lowest BCUT2D eigenvalue weighted by Crippen LogP contribution is -2.46. The Balaban J connectivity index is 1.50. The van der Waals surface area contributed by atoms with Crippen LogP contribution in [0.5, 0.6) is 0 Å². The molecule has 2 aliphatic heterocycles. The molecule has 0 bridgehead atoms. The molecule has 3 heterocycles. The van der Waals surface area contributed by atoms with Crippen LogP contribution in [-0.2, 0) is 14.8 Å². The molecule has 0 radical (unpaired) electrons. The highest BCUT2D eigenvalue weighted by Crippen LogP contribution is 2.36. The summed E-state index contributed by atoms with van der Waals surface area (Å²) in [6.45, 7) is 1.30. The summed E-state index contributed by atoms with van der Waals surface area (Å²) in [7, 11) is -3.73. The van der Waals surface area contributed by atoms with Gasteiger partial charge in [-0.15, -0.1) is 11.3 Å². The van der Waals surface area contributed by atoms with Gasteiger partial charge >= 0.3 is 0 Å². The van der Waals surface area contributed by atoms with Gasteiger partial charge in [0.25, 0.3) is 0 Å². The largest absolute Gasteiger partial charge is 0.335 e. The van der Waals surface area contributed by atoms with Crippen molar-refractivity contribution in [2.75, 3.05) is 19.6 Å². The first-order valence-electron chi connectivity index (χ1n) is 9.56. The zero-order chi connectivity index (χ0) is 19.7. The predicted molar refractivity (Wildman–Crippen MR) is 106 cm³/mol. The van der Waals surface area contributed by atoms with Crippen molar-refractivity contribution in [3.05, 3.63) is 52.5 Å². The molecule has 5 nitrogen and oxygen atoms in total. The van der Waals surface area contributed by atoms with Crippen molar-refractivity contribution in [3.63, 3.8) is 0 Å². The van der Waals surface area contributed by atoms with E-state index in [0.717, 1.165) is 31.5 Å². The van der Waals surface area contributed by atoms with Crippen molar-refractivity contribution >= 4 is 27.3 Å². The summed E-state index contributed by atoms with van der Waals surface area (Å²) >= 11 is 1.66. The Bertz CT molecular complexity index is 929. The van der Waals surface area contributed by atoms with Gasteiger partial charge in [0.15, 0.2) is 0 Å². The number of likely N-dealkylation sites (tertiary alicyclic amines) is 1. The SMILES string of the molecule is O=C([C@@H]1CCCN(S(=O)(=O)c2ccc(F)cc2)C1)N1CCC[C@@H]1c1cccs1. The maximum atomic E-state index is 13.2. The van der Waals surface area contributed by atoms with E-state index in [-0.39, 0.29) is 29.3 Å². The smallest absolute Gasteiger partial charge is 0.243 e. The predicted octanol–water partition coefficient (Wildman–Crippen LogP) is 3.65. The number of sulfonamides is 1. The standard InChI is InChI=1S/C20H23FN2O3S2/c21-16-7-9-17(10-8-16)28(25,26)22-11-1-4-15(14-22)20(24)23-12-2-5-18(23)19-6-3-13-27-19/h3,6-10,13,15,18H,1-2,4-5,11-12,14H2/t15-,18-/m1/s1. The molecule has 1 aromatic carbocycles. The van der Waals surface area contributed by atoms with E-state index in [9.17, 15) is 17.6 Å². The number of hydrogen-bond acceptors (Lipinski definition) is 4. The second-order valence-corrected chi connectivity index (χ2v) is 10.3. The summed E-state index contributed by atoms with van der Waals surface area (Å²) < 4.78 is 40.4. The monoisotopic (exact) mass is 422 g/mol. The molecule has 0 N–H and O–H groups in total. The molecule has 0 spiro atoms. The van der Waals surface area contributed by atoms with E-state index >= 15 is 0 Å². The van der Waals surface area contributed by atoms with Crippen molar-refractivity contribution in [2.24, 2.45) is 5.92 Å². The highest BCUT2D eigenvalue weighted by atomic mass is 32.2. The van der Waals surface area contributed by atoms with Gasteiger partial charge in [-0.2, -0.15) is 4.31 Å². The Kier molecular flexibility index (Phi) is 5.53. The fourth-order valence-corrected chi connectivity index (χ4v) is 6.56. The molecule has 2 atom stereocenters. The zero-order valence-corrected chi connectivity index (χ0v) is 17.1. The molecule has 0 aliphatic carbocycles. The third-order valence-electron chi connectivity index (χ3n) is 5.59. The van der Waals surface area contributed by atoms with Gasteiger partial charge in [0.1, 0.15) is 5.82 Å². The van der Waals surface area contributed by atoms with Crippen LogP contribution in [0.1, 0.15) is 36.6 Å². The van der Waals surface area contributed by atoms with Crippen LogP contribution < -0.4 is 0 Å². The summed E-state index contributed by atoms with van der Waals surface area (Å²) in [5.41, 5.74) is 0. The van der Waals surface area contributed by atoms with E-state index in [4.69, 9.17) is 0 Å². The fourth-order valence-electron chi connectivity index (χ4n) is 4.16. The maximum Gasteiger partial charge on any atom is 0.243 e. The van der Waals surface area contributed by atoms with Crippen LogP contribution in [0.25, 0.3) is 0 Å². The third-order valence-corrected chi connectivity index (χ3v) is 8.45. The molecular weight excluding hydrogens is 399 g/mol. The highest BCUT2D eigenvalue weighted by molar-refractivity contribution is 7.89. The van der Waals surface area contributed by atoms with Gasteiger partial charge in [-0.1, -0.05) is 6.07 Å². The normalized spacial score (nSPS) is 23.8. The van der Waals surface area contributed by atoms with Crippen LogP contribution in [0.4, 0.5) is 4.39 Å². The second-order valence-electron chi connectivity index (χ2n) is 7.36. The Morgan fingerprint density at radius 1 is 1.07 bits per heavy atom. The molecule has 0 saturated carbocycles. The molecule has 2 aliphatic rings. The first-order valence-corrected chi connectivity index (χ1v) is 11.9. The van der Waals surface area contributed by atoms with Crippen molar-refractivity contribution in [2.45, 2.75) is 36.6 Å². The van der Waals surface area contributed by atoms with Crippen LogP contribution in [0.3, 0.4) is 0 Å². The summed E-state index contributed by atoms with van der Waals surface area (Å²) in [6, 6.07) is 9.03. The number of rotatable bonds is 4. The maximum absolute atomic E-state index is 13.2. The van der Waals surface area contributed by atoms with Crippen molar-refractivity contribution < 1.29 is 17.6 Å². The van der Waals surface area contributed by atoms with Crippen LogP contribution in [-0.4, -0.2) is 43.2 Å². The molecule has 2 saturated heterocycles. The molecule has 2 aromatic rings. The van der Waals surface area contributed by atoms with Gasteiger partial charge < -0.3 is 4.90 Å². The number of piperidine rings is 1. The number of hydrogen-bond donors (Lipinski definition) is 0. The third kappa shape index (κ3) is 3.73. The number of thiophene rings is 1. The van der Waals surface area contributed by atoms with Crippen LogP contribution in [0.15, 0.2) is 46.7 Å². The summed E-state index contributed by atoms with van der Waals surface area (Å²) in [5.74, 6) is -0.751. The Morgan fingerprint density at radius 2 is 1.82 bits per heavy atom.